The van der Waals surface area contributed by atoms with E-state index in [9.17, 15) is 0 Å². The molecule has 0 aromatic carbocycles. The SMILES string of the molecule is Cc1cc(NC(C)C)nc(C2CC2)n1. The average Bonchev–Trinajstić information content (AvgIpc) is 2.82. The van der Waals surface area contributed by atoms with Crippen LogP contribution in [-0.4, -0.2) is 16.0 Å². The summed E-state index contributed by atoms with van der Waals surface area (Å²) >= 11 is 0. The van der Waals surface area contributed by atoms with Gasteiger partial charge in [0.05, 0.1) is 0 Å². The second-order valence-corrected chi connectivity index (χ2v) is 4.33. The molecule has 0 unspecified atom stereocenters. The molecule has 0 amide bonds. The minimum absolute atomic E-state index is 0.427. The normalized spacial score (nSPS) is 16.0. The molecule has 0 saturated heterocycles. The summed E-state index contributed by atoms with van der Waals surface area (Å²) < 4.78 is 0. The Bertz CT molecular complexity index is 329. The van der Waals surface area contributed by atoms with Crippen molar-refractivity contribution >= 4 is 5.82 Å². The summed E-state index contributed by atoms with van der Waals surface area (Å²) in [6.45, 7) is 6.27. The van der Waals surface area contributed by atoms with Crippen molar-refractivity contribution in [2.24, 2.45) is 0 Å². The lowest BCUT2D eigenvalue weighted by atomic mass is 10.3. The van der Waals surface area contributed by atoms with Gasteiger partial charge >= 0.3 is 0 Å². The highest BCUT2D eigenvalue weighted by Gasteiger charge is 2.26. The van der Waals surface area contributed by atoms with Crippen LogP contribution >= 0.6 is 0 Å². The highest BCUT2D eigenvalue weighted by molar-refractivity contribution is 5.37. The van der Waals surface area contributed by atoms with Crippen molar-refractivity contribution in [3.63, 3.8) is 0 Å². The van der Waals surface area contributed by atoms with E-state index in [0.29, 0.717) is 12.0 Å². The van der Waals surface area contributed by atoms with Crippen LogP contribution in [-0.2, 0) is 0 Å². The first-order chi connectivity index (χ1) is 6.65. The Morgan fingerprint density at radius 1 is 1.36 bits per heavy atom. The van der Waals surface area contributed by atoms with Gasteiger partial charge in [-0.15, -0.1) is 0 Å². The van der Waals surface area contributed by atoms with Gasteiger partial charge in [-0.05, 0) is 33.6 Å². The summed E-state index contributed by atoms with van der Waals surface area (Å²) in [5, 5.41) is 3.32. The molecule has 1 fully saturated rings. The number of nitrogens with one attached hydrogen (secondary N) is 1. The highest BCUT2D eigenvalue weighted by Crippen LogP contribution is 2.38. The Labute approximate surface area is 85.0 Å². The minimum atomic E-state index is 0.427. The van der Waals surface area contributed by atoms with Gasteiger partial charge in [0.2, 0.25) is 0 Å². The molecule has 14 heavy (non-hydrogen) atoms. The maximum absolute atomic E-state index is 4.51. The lowest BCUT2D eigenvalue weighted by molar-refractivity contribution is 0.857. The van der Waals surface area contributed by atoms with Gasteiger partial charge in [0.1, 0.15) is 11.6 Å². The average molecular weight is 191 g/mol. The predicted molar refractivity (Wildman–Crippen MR) is 57.5 cm³/mol. The zero-order valence-electron chi connectivity index (χ0n) is 9.04. The number of aryl methyl sites for hydroxylation is 1. The molecule has 2 rings (SSSR count). The van der Waals surface area contributed by atoms with Crippen LogP contribution in [0.2, 0.25) is 0 Å². The van der Waals surface area contributed by atoms with Crippen molar-refractivity contribution in [1.82, 2.24) is 9.97 Å². The molecule has 0 radical (unpaired) electrons. The fourth-order valence-corrected chi connectivity index (χ4v) is 1.49. The third-order valence-corrected chi connectivity index (χ3v) is 2.25. The van der Waals surface area contributed by atoms with Gasteiger partial charge in [0.25, 0.3) is 0 Å². The lowest BCUT2D eigenvalue weighted by Crippen LogP contribution is -2.12. The van der Waals surface area contributed by atoms with E-state index >= 15 is 0 Å². The van der Waals surface area contributed by atoms with Crippen LogP contribution < -0.4 is 5.32 Å². The smallest absolute Gasteiger partial charge is 0.134 e. The summed E-state index contributed by atoms with van der Waals surface area (Å²) in [5.41, 5.74) is 1.06. The van der Waals surface area contributed by atoms with E-state index in [4.69, 9.17) is 0 Å². The Kier molecular flexibility index (Phi) is 2.40. The second-order valence-electron chi connectivity index (χ2n) is 4.33. The monoisotopic (exact) mass is 191 g/mol. The van der Waals surface area contributed by atoms with Crippen molar-refractivity contribution in [2.45, 2.75) is 45.6 Å². The highest BCUT2D eigenvalue weighted by atomic mass is 15.0. The molecule has 0 spiro atoms. The zero-order chi connectivity index (χ0) is 10.1. The Morgan fingerprint density at radius 3 is 2.64 bits per heavy atom. The molecule has 1 aliphatic carbocycles. The van der Waals surface area contributed by atoms with Crippen LogP contribution in [0.5, 0.6) is 0 Å². The Hall–Kier alpha value is -1.12. The molecule has 3 nitrogen and oxygen atoms in total. The van der Waals surface area contributed by atoms with Gasteiger partial charge in [-0.3, -0.25) is 0 Å². The van der Waals surface area contributed by atoms with Gasteiger partial charge < -0.3 is 5.32 Å². The van der Waals surface area contributed by atoms with Crippen molar-refractivity contribution < 1.29 is 0 Å². The maximum Gasteiger partial charge on any atom is 0.134 e. The van der Waals surface area contributed by atoms with Crippen LogP contribution in [0, 0.1) is 6.92 Å². The third-order valence-electron chi connectivity index (χ3n) is 2.25. The molecule has 1 heterocycles. The molecular weight excluding hydrogens is 174 g/mol. The van der Waals surface area contributed by atoms with Crippen molar-refractivity contribution in [3.8, 4) is 0 Å². The van der Waals surface area contributed by atoms with Crippen molar-refractivity contribution in [2.75, 3.05) is 5.32 Å². The number of rotatable bonds is 3. The van der Waals surface area contributed by atoms with Crippen LogP contribution in [0.15, 0.2) is 6.07 Å². The van der Waals surface area contributed by atoms with Gasteiger partial charge in [0.15, 0.2) is 0 Å². The molecule has 3 heteroatoms. The first-order valence-electron chi connectivity index (χ1n) is 5.27. The number of hydrogen-bond acceptors (Lipinski definition) is 3. The molecule has 76 valence electrons. The summed E-state index contributed by atoms with van der Waals surface area (Å²) in [6, 6.07) is 2.43. The van der Waals surface area contributed by atoms with Gasteiger partial charge in [0, 0.05) is 23.7 Å². The number of hydrogen-bond donors (Lipinski definition) is 1. The van der Waals surface area contributed by atoms with Crippen LogP contribution in [0.25, 0.3) is 0 Å². The van der Waals surface area contributed by atoms with Gasteiger partial charge in [-0.1, -0.05) is 0 Å². The molecule has 1 aromatic heterocycles. The summed E-state index contributed by atoms with van der Waals surface area (Å²) in [4.78, 5) is 8.97. The molecule has 1 saturated carbocycles. The molecule has 0 aliphatic heterocycles. The van der Waals surface area contributed by atoms with E-state index < -0.39 is 0 Å². The summed E-state index contributed by atoms with van der Waals surface area (Å²) in [5.74, 6) is 2.62. The molecular formula is C11H17N3. The summed E-state index contributed by atoms with van der Waals surface area (Å²) in [7, 11) is 0. The van der Waals surface area contributed by atoms with Gasteiger partial charge in [-0.2, -0.15) is 0 Å². The van der Waals surface area contributed by atoms with E-state index in [2.05, 4.69) is 29.1 Å². The molecule has 1 N–H and O–H groups in total. The third kappa shape index (κ3) is 2.22. The van der Waals surface area contributed by atoms with Crippen LogP contribution in [0.4, 0.5) is 5.82 Å². The van der Waals surface area contributed by atoms with E-state index in [1.54, 1.807) is 0 Å². The molecule has 1 aliphatic rings. The number of aromatic nitrogens is 2. The fourth-order valence-electron chi connectivity index (χ4n) is 1.49. The van der Waals surface area contributed by atoms with Crippen LogP contribution in [0.3, 0.4) is 0 Å². The number of nitrogens with zero attached hydrogens (tertiary/aromatic N) is 2. The van der Waals surface area contributed by atoms with E-state index in [-0.39, 0.29) is 0 Å². The van der Waals surface area contributed by atoms with Crippen molar-refractivity contribution in [1.29, 1.82) is 0 Å². The van der Waals surface area contributed by atoms with Crippen LogP contribution in [0.1, 0.15) is 44.1 Å². The molecule has 0 bridgehead atoms. The minimum Gasteiger partial charge on any atom is -0.368 e. The Balaban J connectivity index is 2.22. The molecule has 1 aromatic rings. The summed E-state index contributed by atoms with van der Waals surface area (Å²) in [6.07, 6.45) is 2.51. The largest absolute Gasteiger partial charge is 0.368 e. The topological polar surface area (TPSA) is 37.8 Å². The predicted octanol–water partition coefficient (Wildman–Crippen LogP) is 2.48. The zero-order valence-corrected chi connectivity index (χ0v) is 9.04. The van der Waals surface area contributed by atoms with Crippen molar-refractivity contribution in [3.05, 3.63) is 17.6 Å². The van der Waals surface area contributed by atoms with Gasteiger partial charge in [-0.25, -0.2) is 9.97 Å². The number of anilines is 1. The molecule has 0 atom stereocenters. The maximum atomic E-state index is 4.51. The van der Waals surface area contributed by atoms with E-state index in [0.717, 1.165) is 17.3 Å². The second kappa shape index (κ2) is 3.56. The van der Waals surface area contributed by atoms with E-state index in [1.807, 2.05) is 13.0 Å². The van der Waals surface area contributed by atoms with E-state index in [1.165, 1.54) is 12.8 Å². The quantitative estimate of drug-likeness (QED) is 0.797. The first kappa shape index (κ1) is 9.44. The Morgan fingerprint density at radius 2 is 2.07 bits per heavy atom. The fraction of sp³-hybridized carbons (Fsp3) is 0.636. The lowest BCUT2D eigenvalue weighted by Gasteiger charge is -2.10. The first-order valence-corrected chi connectivity index (χ1v) is 5.27. The standard InChI is InChI=1S/C11H17N3/c1-7(2)12-10-6-8(3)13-11(14-10)9-4-5-9/h6-7,9H,4-5H2,1-3H3,(H,12,13,14).